The van der Waals surface area contributed by atoms with Gasteiger partial charge in [0.15, 0.2) is 15.5 Å². The van der Waals surface area contributed by atoms with Crippen LogP contribution in [0.1, 0.15) is 59.1 Å². The maximum atomic E-state index is 13.0. The zero-order chi connectivity index (χ0) is 18.2. The van der Waals surface area contributed by atoms with Crippen molar-refractivity contribution in [3.05, 3.63) is 17.0 Å². The Morgan fingerprint density at radius 3 is 2.44 bits per heavy atom. The van der Waals surface area contributed by atoms with Crippen molar-refractivity contribution in [2.45, 2.75) is 48.5 Å². The molecule has 136 valence electrons. The van der Waals surface area contributed by atoms with Crippen LogP contribution >= 0.6 is 0 Å². The molecule has 0 spiro atoms. The maximum absolute atomic E-state index is 13.0. The highest BCUT2D eigenvalue weighted by Gasteiger charge is 2.65. The zero-order valence-electron chi connectivity index (χ0n) is 14.3. The molecule has 3 aliphatic rings. The molecule has 1 aliphatic heterocycles. The Balaban J connectivity index is 1.62. The number of carboxylic acid groups (broad SMARTS) is 1. The summed E-state index contributed by atoms with van der Waals surface area (Å²) in [6.45, 7) is 2.31. The third-order valence-corrected chi connectivity index (χ3v) is 9.31. The van der Waals surface area contributed by atoms with Crippen LogP contribution in [0.25, 0.3) is 0 Å². The Morgan fingerprint density at radius 1 is 1.28 bits per heavy atom. The fourth-order valence-corrected chi connectivity index (χ4v) is 6.51. The van der Waals surface area contributed by atoms with Gasteiger partial charge < -0.3 is 10.0 Å². The molecular weight excluding hydrogens is 346 g/mol. The summed E-state index contributed by atoms with van der Waals surface area (Å²) in [5.74, 6) is -1.48. The second kappa shape index (κ2) is 4.84. The van der Waals surface area contributed by atoms with Crippen molar-refractivity contribution in [3.63, 3.8) is 0 Å². The molecule has 0 bridgehead atoms. The summed E-state index contributed by atoms with van der Waals surface area (Å²) < 4.78 is 25.8. The molecule has 8 nitrogen and oxygen atoms in total. The number of aromatic nitrogens is 2. The van der Waals surface area contributed by atoms with Gasteiger partial charge in [0.25, 0.3) is 5.91 Å². The van der Waals surface area contributed by atoms with E-state index in [0.717, 1.165) is 0 Å². The molecular formula is C16H21N3O5S. The average molecular weight is 367 g/mol. The highest BCUT2D eigenvalue weighted by molar-refractivity contribution is 7.94. The van der Waals surface area contributed by atoms with Gasteiger partial charge in [-0.15, -0.1) is 0 Å². The number of carbonyl (C=O) groups is 2. The predicted octanol–water partition coefficient (Wildman–Crippen LogP) is 0.616. The SMILES string of the molecule is Cn1nc(C(=O)O)c2c1C(=O)N(CC1(S(=O)(=O)C3(C)CC3)CC1)CC2. The van der Waals surface area contributed by atoms with Gasteiger partial charge in [0.1, 0.15) is 5.69 Å². The zero-order valence-corrected chi connectivity index (χ0v) is 15.1. The summed E-state index contributed by atoms with van der Waals surface area (Å²) in [4.78, 5) is 25.7. The number of nitrogens with zero attached hydrogens (tertiary/aromatic N) is 3. The molecule has 25 heavy (non-hydrogen) atoms. The Morgan fingerprint density at radius 2 is 1.92 bits per heavy atom. The summed E-state index contributed by atoms with van der Waals surface area (Å²) in [7, 11) is -1.74. The van der Waals surface area contributed by atoms with Gasteiger partial charge in [-0.1, -0.05) is 0 Å². The first kappa shape index (κ1) is 16.6. The number of fused-ring (bicyclic) bond motifs is 1. The number of rotatable bonds is 5. The number of carboxylic acids is 1. The Hall–Kier alpha value is -1.90. The van der Waals surface area contributed by atoms with Gasteiger partial charge in [-0.2, -0.15) is 5.10 Å². The highest BCUT2D eigenvalue weighted by atomic mass is 32.2. The van der Waals surface area contributed by atoms with E-state index in [1.807, 2.05) is 0 Å². The minimum atomic E-state index is -3.28. The van der Waals surface area contributed by atoms with Crippen LogP contribution in [-0.2, 0) is 23.3 Å². The topological polar surface area (TPSA) is 110 Å². The first-order valence-corrected chi connectivity index (χ1v) is 9.93. The Labute approximate surface area is 145 Å². The second-order valence-corrected chi connectivity index (χ2v) is 10.6. The van der Waals surface area contributed by atoms with Gasteiger partial charge in [0, 0.05) is 25.7 Å². The summed E-state index contributed by atoms with van der Waals surface area (Å²) in [6, 6.07) is 0. The Bertz CT molecular complexity index is 893. The molecule has 2 aliphatic carbocycles. The molecule has 2 fully saturated rings. The number of aryl methyl sites for hydroxylation is 1. The summed E-state index contributed by atoms with van der Waals surface area (Å²) in [5, 5.41) is 13.2. The molecule has 0 atom stereocenters. The van der Waals surface area contributed by atoms with Crippen LogP contribution in [0.5, 0.6) is 0 Å². The van der Waals surface area contributed by atoms with Crippen molar-refractivity contribution >= 4 is 21.7 Å². The van der Waals surface area contributed by atoms with Gasteiger partial charge in [-0.05, 0) is 39.0 Å². The van der Waals surface area contributed by atoms with Crippen LogP contribution < -0.4 is 0 Å². The van der Waals surface area contributed by atoms with E-state index in [1.165, 1.54) is 4.68 Å². The molecule has 9 heteroatoms. The van der Waals surface area contributed by atoms with E-state index in [9.17, 15) is 23.1 Å². The molecule has 2 saturated carbocycles. The van der Waals surface area contributed by atoms with E-state index in [-0.39, 0.29) is 23.8 Å². The lowest BCUT2D eigenvalue weighted by Gasteiger charge is -2.32. The first-order valence-electron chi connectivity index (χ1n) is 8.45. The number of hydrogen-bond donors (Lipinski definition) is 1. The molecule has 2 heterocycles. The fraction of sp³-hybridized carbons (Fsp3) is 0.688. The maximum Gasteiger partial charge on any atom is 0.356 e. The number of amides is 1. The van der Waals surface area contributed by atoms with E-state index >= 15 is 0 Å². The lowest BCUT2D eigenvalue weighted by atomic mass is 10.0. The van der Waals surface area contributed by atoms with Crippen LogP contribution in [0, 0.1) is 0 Å². The van der Waals surface area contributed by atoms with Gasteiger partial charge in [0.05, 0.1) is 9.49 Å². The number of hydrogen-bond acceptors (Lipinski definition) is 5. The predicted molar refractivity (Wildman–Crippen MR) is 88.3 cm³/mol. The van der Waals surface area contributed by atoms with Crippen LogP contribution in [0.15, 0.2) is 0 Å². The quantitative estimate of drug-likeness (QED) is 0.817. The van der Waals surface area contributed by atoms with Crippen molar-refractivity contribution in [2.24, 2.45) is 7.05 Å². The van der Waals surface area contributed by atoms with Crippen LogP contribution in [0.4, 0.5) is 0 Å². The number of aromatic carboxylic acids is 1. The van der Waals surface area contributed by atoms with Crippen molar-refractivity contribution in [1.29, 1.82) is 0 Å². The monoisotopic (exact) mass is 367 g/mol. The van der Waals surface area contributed by atoms with Crippen molar-refractivity contribution < 1.29 is 23.1 Å². The minimum absolute atomic E-state index is 0.0928. The lowest BCUT2D eigenvalue weighted by Crippen LogP contribution is -2.48. The molecule has 1 aromatic heterocycles. The first-order chi connectivity index (χ1) is 11.6. The van der Waals surface area contributed by atoms with E-state index in [1.54, 1.807) is 18.9 Å². The summed E-state index contributed by atoms with van der Waals surface area (Å²) >= 11 is 0. The van der Waals surface area contributed by atoms with Gasteiger partial charge in [-0.25, -0.2) is 13.2 Å². The molecule has 4 rings (SSSR count). The van der Waals surface area contributed by atoms with Gasteiger partial charge in [0.2, 0.25) is 0 Å². The highest BCUT2D eigenvalue weighted by Crippen LogP contribution is 2.56. The van der Waals surface area contributed by atoms with Gasteiger partial charge >= 0.3 is 5.97 Å². The summed E-state index contributed by atoms with van der Waals surface area (Å²) in [6.07, 6.45) is 2.95. The largest absolute Gasteiger partial charge is 0.476 e. The molecule has 1 N–H and O–H groups in total. The Kier molecular flexibility index (Phi) is 3.20. The third-order valence-electron chi connectivity index (χ3n) is 5.93. The standard InChI is InChI=1S/C16H21N3O5S/c1-15(4-5-15)25(23,24)16(6-7-16)9-19-8-3-10-11(14(21)22)17-18(2)12(10)13(19)20/h3-9H2,1-2H3,(H,21,22). The van der Waals surface area contributed by atoms with Crippen molar-refractivity contribution in [2.75, 3.05) is 13.1 Å². The van der Waals surface area contributed by atoms with Crippen LogP contribution in [-0.4, -0.2) is 62.7 Å². The van der Waals surface area contributed by atoms with E-state index in [0.29, 0.717) is 44.2 Å². The van der Waals surface area contributed by atoms with E-state index in [2.05, 4.69) is 5.10 Å². The number of sulfone groups is 1. The van der Waals surface area contributed by atoms with E-state index < -0.39 is 25.3 Å². The van der Waals surface area contributed by atoms with Crippen molar-refractivity contribution in [1.82, 2.24) is 14.7 Å². The average Bonchev–Trinajstić information content (AvgIpc) is 3.44. The molecule has 0 unspecified atom stereocenters. The van der Waals surface area contributed by atoms with E-state index in [4.69, 9.17) is 0 Å². The van der Waals surface area contributed by atoms with Gasteiger partial charge in [-0.3, -0.25) is 9.48 Å². The lowest BCUT2D eigenvalue weighted by molar-refractivity contribution is 0.0688. The number of carbonyl (C=O) groups excluding carboxylic acids is 1. The fourth-order valence-electron chi connectivity index (χ4n) is 3.86. The smallest absolute Gasteiger partial charge is 0.356 e. The minimum Gasteiger partial charge on any atom is -0.476 e. The molecule has 0 radical (unpaired) electrons. The molecule has 0 saturated heterocycles. The van der Waals surface area contributed by atoms with Crippen LogP contribution in [0.2, 0.25) is 0 Å². The molecule has 0 aromatic carbocycles. The molecule has 1 aromatic rings. The normalized spacial score (nSPS) is 23.3. The second-order valence-electron chi connectivity index (χ2n) is 7.72. The third kappa shape index (κ3) is 2.17. The summed E-state index contributed by atoms with van der Waals surface area (Å²) in [5.41, 5.74) is 0.609. The molecule has 1 amide bonds. The van der Waals surface area contributed by atoms with Crippen molar-refractivity contribution in [3.8, 4) is 0 Å². The van der Waals surface area contributed by atoms with Crippen LogP contribution in [0.3, 0.4) is 0 Å².